The Hall–Kier alpha value is -1.23. The minimum atomic E-state index is 0.911. The summed E-state index contributed by atoms with van der Waals surface area (Å²) in [6, 6.07) is 12.8. The molecule has 0 unspecified atom stereocenters. The van der Waals surface area contributed by atoms with Gasteiger partial charge in [0.05, 0.1) is 5.52 Å². The first-order valence-corrected chi connectivity index (χ1v) is 7.67. The minimum absolute atomic E-state index is 0.911. The van der Waals surface area contributed by atoms with Crippen LogP contribution < -0.4 is 5.32 Å². The van der Waals surface area contributed by atoms with E-state index in [1.54, 1.807) is 0 Å². The molecule has 2 aromatic heterocycles. The monoisotopic (exact) mass is 332 g/mol. The maximum atomic E-state index is 4.56. The van der Waals surface area contributed by atoms with E-state index >= 15 is 0 Å². The van der Waals surface area contributed by atoms with Crippen LogP contribution in [-0.2, 0) is 6.54 Å². The third-order valence-corrected chi connectivity index (χ3v) is 4.51. The number of halogens is 1. The zero-order chi connectivity index (χ0) is 13.2. The highest BCUT2D eigenvalue weighted by atomic mass is 79.9. The molecule has 19 heavy (non-hydrogen) atoms. The molecule has 2 nitrogen and oxygen atoms in total. The van der Waals surface area contributed by atoms with E-state index in [0.29, 0.717) is 0 Å². The number of para-hydroxylation sites is 1. The van der Waals surface area contributed by atoms with Crippen molar-refractivity contribution in [3.8, 4) is 10.4 Å². The molecule has 0 saturated carbocycles. The average Bonchev–Trinajstić information content (AvgIpc) is 2.86. The van der Waals surface area contributed by atoms with Crippen LogP contribution in [0.15, 0.2) is 47.1 Å². The second kappa shape index (κ2) is 5.41. The van der Waals surface area contributed by atoms with Crippen LogP contribution in [0, 0.1) is 0 Å². The van der Waals surface area contributed by atoms with Crippen molar-refractivity contribution >= 4 is 38.2 Å². The highest BCUT2D eigenvalue weighted by Crippen LogP contribution is 2.33. The average molecular weight is 333 g/mol. The van der Waals surface area contributed by atoms with Gasteiger partial charge in [0.2, 0.25) is 0 Å². The van der Waals surface area contributed by atoms with Gasteiger partial charge < -0.3 is 5.32 Å². The first-order valence-electron chi connectivity index (χ1n) is 6.06. The molecule has 0 aliphatic carbocycles. The number of nitrogens with zero attached hydrogens (tertiary/aromatic N) is 1. The molecular formula is C15H13BrN2S. The van der Waals surface area contributed by atoms with Crippen molar-refractivity contribution in [1.29, 1.82) is 0 Å². The number of fused-ring (bicyclic) bond motifs is 1. The minimum Gasteiger partial charge on any atom is -0.315 e. The summed E-state index contributed by atoms with van der Waals surface area (Å²) >= 11 is 5.29. The van der Waals surface area contributed by atoms with Crippen LogP contribution in [-0.4, -0.2) is 12.0 Å². The molecule has 0 atom stereocenters. The van der Waals surface area contributed by atoms with Gasteiger partial charge in [-0.3, -0.25) is 4.98 Å². The second-order valence-electron chi connectivity index (χ2n) is 4.33. The molecule has 2 heterocycles. The van der Waals surface area contributed by atoms with Gasteiger partial charge in [-0.2, -0.15) is 0 Å². The van der Waals surface area contributed by atoms with Crippen molar-refractivity contribution < 1.29 is 0 Å². The van der Waals surface area contributed by atoms with Crippen LogP contribution in [0.3, 0.4) is 0 Å². The molecule has 96 valence electrons. The van der Waals surface area contributed by atoms with Crippen molar-refractivity contribution in [2.45, 2.75) is 6.54 Å². The van der Waals surface area contributed by atoms with E-state index in [2.05, 4.69) is 62.6 Å². The van der Waals surface area contributed by atoms with Crippen molar-refractivity contribution in [2.75, 3.05) is 7.05 Å². The van der Waals surface area contributed by atoms with Crippen LogP contribution in [0.5, 0.6) is 0 Å². The van der Waals surface area contributed by atoms with E-state index < -0.39 is 0 Å². The second-order valence-corrected chi connectivity index (χ2v) is 6.41. The summed E-state index contributed by atoms with van der Waals surface area (Å²) in [5, 5.41) is 4.34. The molecule has 0 aliphatic rings. The van der Waals surface area contributed by atoms with Crippen LogP contribution in [0.25, 0.3) is 21.3 Å². The summed E-state index contributed by atoms with van der Waals surface area (Å²) in [4.78, 5) is 7.17. The molecule has 0 amide bonds. The van der Waals surface area contributed by atoms with Crippen molar-refractivity contribution in [3.05, 3.63) is 51.9 Å². The maximum Gasteiger partial charge on any atom is 0.0789 e. The molecule has 1 aromatic carbocycles. The lowest BCUT2D eigenvalue weighted by atomic mass is 10.1. The van der Waals surface area contributed by atoms with Gasteiger partial charge >= 0.3 is 0 Å². The number of benzene rings is 1. The van der Waals surface area contributed by atoms with E-state index in [1.165, 1.54) is 15.3 Å². The molecular weight excluding hydrogens is 320 g/mol. The molecule has 0 bridgehead atoms. The number of pyridine rings is 1. The Labute approximate surface area is 124 Å². The normalized spacial score (nSPS) is 11.1. The third-order valence-electron chi connectivity index (χ3n) is 2.96. The van der Waals surface area contributed by atoms with Gasteiger partial charge in [-0.1, -0.05) is 18.2 Å². The lowest BCUT2D eigenvalue weighted by Crippen LogP contribution is -2.02. The number of aromatic nitrogens is 1. The quantitative estimate of drug-likeness (QED) is 0.766. The van der Waals surface area contributed by atoms with Crippen molar-refractivity contribution in [2.24, 2.45) is 0 Å². The Morgan fingerprint density at radius 2 is 2.16 bits per heavy atom. The van der Waals surface area contributed by atoms with E-state index in [9.17, 15) is 0 Å². The Bertz CT molecular complexity index is 721. The maximum absolute atomic E-state index is 4.56. The smallest absolute Gasteiger partial charge is 0.0789 e. The van der Waals surface area contributed by atoms with Gasteiger partial charge in [0.15, 0.2) is 0 Å². The predicted octanol–water partition coefficient (Wildman–Crippen LogP) is 4.45. The van der Waals surface area contributed by atoms with Crippen LogP contribution in [0.1, 0.15) is 4.88 Å². The lowest BCUT2D eigenvalue weighted by molar-refractivity contribution is 0.831. The zero-order valence-electron chi connectivity index (χ0n) is 10.5. The number of nitrogens with one attached hydrogen (secondary N) is 1. The molecule has 4 heteroatoms. The summed E-state index contributed by atoms with van der Waals surface area (Å²) in [6.07, 6.45) is 1.86. The summed E-state index contributed by atoms with van der Waals surface area (Å²) in [5.74, 6) is 0. The van der Waals surface area contributed by atoms with Crippen LogP contribution >= 0.6 is 27.3 Å². The third kappa shape index (κ3) is 2.56. The molecule has 0 fully saturated rings. The predicted molar refractivity (Wildman–Crippen MR) is 85.5 cm³/mol. The number of thiophene rings is 1. The van der Waals surface area contributed by atoms with E-state index in [4.69, 9.17) is 0 Å². The van der Waals surface area contributed by atoms with Gasteiger partial charge in [-0.15, -0.1) is 11.3 Å². The number of rotatable bonds is 3. The van der Waals surface area contributed by atoms with Gasteiger partial charge in [-0.05, 0) is 41.2 Å². The van der Waals surface area contributed by atoms with Gasteiger partial charge in [0.25, 0.3) is 0 Å². The lowest BCUT2D eigenvalue weighted by Gasteiger charge is -2.04. The SMILES string of the molecule is CNCc1ccc(-c2cccc3cc(Br)cnc23)s1. The topological polar surface area (TPSA) is 24.9 Å². The van der Waals surface area contributed by atoms with Crippen LogP contribution in [0.2, 0.25) is 0 Å². The van der Waals surface area contributed by atoms with E-state index in [-0.39, 0.29) is 0 Å². The largest absolute Gasteiger partial charge is 0.315 e. The van der Waals surface area contributed by atoms with E-state index in [1.807, 2.05) is 24.6 Å². The number of hydrogen-bond acceptors (Lipinski definition) is 3. The fourth-order valence-electron chi connectivity index (χ4n) is 2.12. The summed E-state index contributed by atoms with van der Waals surface area (Å²) < 4.78 is 1.01. The molecule has 1 N–H and O–H groups in total. The highest BCUT2D eigenvalue weighted by Gasteiger charge is 2.08. The standard InChI is InChI=1S/C15H13BrN2S/c1-17-9-12-5-6-14(19-12)13-4-2-3-10-7-11(16)8-18-15(10)13/h2-8,17H,9H2,1H3. The zero-order valence-corrected chi connectivity index (χ0v) is 12.9. The summed E-state index contributed by atoms with van der Waals surface area (Å²) in [6.45, 7) is 0.911. The van der Waals surface area contributed by atoms with Gasteiger partial charge in [-0.25, -0.2) is 0 Å². The summed E-state index contributed by atoms with van der Waals surface area (Å²) in [7, 11) is 1.97. The molecule has 3 rings (SSSR count). The fourth-order valence-corrected chi connectivity index (χ4v) is 3.52. The van der Waals surface area contributed by atoms with Crippen molar-refractivity contribution in [1.82, 2.24) is 10.3 Å². The Kier molecular flexibility index (Phi) is 3.64. The molecule has 0 saturated heterocycles. The van der Waals surface area contributed by atoms with Crippen molar-refractivity contribution in [3.63, 3.8) is 0 Å². The van der Waals surface area contributed by atoms with Gasteiger partial charge in [0.1, 0.15) is 0 Å². The summed E-state index contributed by atoms with van der Waals surface area (Å²) in [5.41, 5.74) is 2.26. The Morgan fingerprint density at radius 1 is 1.26 bits per heavy atom. The first-order chi connectivity index (χ1) is 9.28. The van der Waals surface area contributed by atoms with Crippen LogP contribution in [0.4, 0.5) is 0 Å². The number of hydrogen-bond donors (Lipinski definition) is 1. The van der Waals surface area contributed by atoms with Gasteiger partial charge in [0, 0.05) is 37.9 Å². The molecule has 0 spiro atoms. The highest BCUT2D eigenvalue weighted by molar-refractivity contribution is 9.10. The molecule has 3 aromatic rings. The Balaban J connectivity index is 2.13. The molecule has 0 radical (unpaired) electrons. The fraction of sp³-hybridized carbons (Fsp3) is 0.133. The van der Waals surface area contributed by atoms with E-state index in [0.717, 1.165) is 21.9 Å². The first kappa shape index (κ1) is 12.8. The Morgan fingerprint density at radius 3 is 3.00 bits per heavy atom. The molecule has 0 aliphatic heterocycles.